The van der Waals surface area contributed by atoms with E-state index in [4.69, 9.17) is 0 Å². The molecule has 1 aliphatic heterocycles. The summed E-state index contributed by atoms with van der Waals surface area (Å²) in [6.07, 6.45) is 4.85. The van der Waals surface area contributed by atoms with Gasteiger partial charge in [0.15, 0.2) is 9.84 Å². The van der Waals surface area contributed by atoms with Crippen LogP contribution in [0.4, 0.5) is 11.4 Å². The van der Waals surface area contributed by atoms with Gasteiger partial charge in [0.25, 0.3) is 5.91 Å². The van der Waals surface area contributed by atoms with E-state index in [2.05, 4.69) is 10.2 Å². The van der Waals surface area contributed by atoms with Crippen LogP contribution in [0, 0.1) is 0 Å². The summed E-state index contributed by atoms with van der Waals surface area (Å²) < 4.78 is 23.2. The third-order valence-corrected chi connectivity index (χ3v) is 5.48. The number of benzene rings is 2. The van der Waals surface area contributed by atoms with Crippen molar-refractivity contribution in [2.24, 2.45) is 0 Å². The largest absolute Gasteiger partial charge is 0.372 e. The molecule has 0 spiro atoms. The van der Waals surface area contributed by atoms with E-state index >= 15 is 0 Å². The van der Waals surface area contributed by atoms with Crippen molar-refractivity contribution in [1.82, 2.24) is 0 Å². The van der Waals surface area contributed by atoms with E-state index in [1.165, 1.54) is 31.4 Å². The summed E-state index contributed by atoms with van der Waals surface area (Å²) in [5.74, 6) is -0.323. The predicted octanol–water partition coefficient (Wildman–Crippen LogP) is 3.33. The molecule has 3 rings (SSSR count). The Morgan fingerprint density at radius 3 is 2.32 bits per heavy atom. The number of piperidine rings is 1. The highest BCUT2D eigenvalue weighted by atomic mass is 32.2. The van der Waals surface area contributed by atoms with Crippen molar-refractivity contribution in [2.45, 2.75) is 24.2 Å². The Balaban J connectivity index is 1.71. The second-order valence-corrected chi connectivity index (χ2v) is 8.36. The van der Waals surface area contributed by atoms with Gasteiger partial charge in [-0.2, -0.15) is 0 Å². The molecule has 132 valence electrons. The highest BCUT2D eigenvalue weighted by Gasteiger charge is 2.13. The summed E-state index contributed by atoms with van der Waals surface area (Å²) in [5.41, 5.74) is 2.18. The smallest absolute Gasteiger partial charge is 0.255 e. The number of rotatable bonds is 4. The first kappa shape index (κ1) is 17.5. The fourth-order valence-electron chi connectivity index (χ4n) is 2.98. The molecule has 0 radical (unpaired) electrons. The van der Waals surface area contributed by atoms with Crippen LogP contribution in [0.2, 0.25) is 0 Å². The molecule has 1 aliphatic rings. The Morgan fingerprint density at radius 2 is 1.68 bits per heavy atom. The van der Waals surface area contributed by atoms with Gasteiger partial charge in [-0.05, 0) is 61.7 Å². The van der Waals surface area contributed by atoms with Crippen molar-refractivity contribution in [1.29, 1.82) is 0 Å². The molecule has 25 heavy (non-hydrogen) atoms. The Bertz CT molecular complexity index is 854. The van der Waals surface area contributed by atoms with E-state index in [1.54, 1.807) is 12.1 Å². The Hall–Kier alpha value is -2.34. The lowest BCUT2D eigenvalue weighted by molar-refractivity contribution is 0.102. The third-order valence-electron chi connectivity index (χ3n) is 4.37. The van der Waals surface area contributed by atoms with Crippen molar-refractivity contribution in [3.63, 3.8) is 0 Å². The Kier molecular flexibility index (Phi) is 5.08. The molecule has 1 heterocycles. The third kappa shape index (κ3) is 4.39. The number of anilines is 2. The van der Waals surface area contributed by atoms with E-state index in [0.717, 1.165) is 25.0 Å². The molecule has 1 amide bonds. The quantitative estimate of drug-likeness (QED) is 0.910. The van der Waals surface area contributed by atoms with E-state index in [9.17, 15) is 13.2 Å². The normalized spacial score (nSPS) is 15.0. The highest BCUT2D eigenvalue weighted by Crippen LogP contribution is 2.22. The number of hydrogen-bond acceptors (Lipinski definition) is 4. The summed E-state index contributed by atoms with van der Waals surface area (Å²) in [4.78, 5) is 14.9. The van der Waals surface area contributed by atoms with Gasteiger partial charge in [0.05, 0.1) is 4.90 Å². The van der Waals surface area contributed by atoms with E-state index < -0.39 is 9.84 Å². The number of amides is 1. The molecule has 2 aromatic carbocycles. The second kappa shape index (κ2) is 7.27. The molecule has 5 nitrogen and oxygen atoms in total. The standard InChI is InChI=1S/C19H22N2O3S/c1-25(23,24)18-7-5-6-15(14-18)19(22)20-16-8-10-17(11-9-16)21-12-3-2-4-13-21/h5-11,14H,2-4,12-13H2,1H3,(H,20,22). The maximum Gasteiger partial charge on any atom is 0.255 e. The molecular weight excluding hydrogens is 336 g/mol. The number of nitrogens with one attached hydrogen (secondary N) is 1. The first-order valence-electron chi connectivity index (χ1n) is 8.40. The molecule has 1 saturated heterocycles. The van der Waals surface area contributed by atoms with Crippen LogP contribution in [0.1, 0.15) is 29.6 Å². The Labute approximate surface area is 148 Å². The first-order valence-corrected chi connectivity index (χ1v) is 10.3. The van der Waals surface area contributed by atoms with Gasteiger partial charge in [-0.25, -0.2) is 8.42 Å². The summed E-state index contributed by atoms with van der Waals surface area (Å²) in [6.45, 7) is 2.15. The first-order chi connectivity index (χ1) is 11.9. The number of carbonyl (C=O) groups excluding carboxylic acids is 1. The number of hydrogen-bond donors (Lipinski definition) is 1. The molecule has 6 heteroatoms. The van der Waals surface area contributed by atoms with Crippen LogP contribution in [0.3, 0.4) is 0 Å². The van der Waals surface area contributed by atoms with Gasteiger partial charge in [-0.15, -0.1) is 0 Å². The van der Waals surface area contributed by atoms with Gasteiger partial charge < -0.3 is 10.2 Å². The van der Waals surface area contributed by atoms with Gasteiger partial charge in [-0.1, -0.05) is 6.07 Å². The fourth-order valence-corrected chi connectivity index (χ4v) is 3.65. The molecule has 0 aliphatic carbocycles. The van der Waals surface area contributed by atoms with Gasteiger partial charge >= 0.3 is 0 Å². The number of carbonyl (C=O) groups is 1. The molecule has 0 unspecified atom stereocenters. The minimum Gasteiger partial charge on any atom is -0.372 e. The highest BCUT2D eigenvalue weighted by molar-refractivity contribution is 7.90. The second-order valence-electron chi connectivity index (χ2n) is 6.35. The number of nitrogens with zero attached hydrogens (tertiary/aromatic N) is 1. The van der Waals surface area contributed by atoms with E-state index in [0.29, 0.717) is 11.3 Å². The molecule has 1 N–H and O–H groups in total. The molecule has 0 aromatic heterocycles. The molecule has 1 fully saturated rings. The van der Waals surface area contributed by atoms with Crippen molar-refractivity contribution < 1.29 is 13.2 Å². The number of sulfone groups is 1. The molecule has 0 bridgehead atoms. The molecule has 2 aromatic rings. The van der Waals surface area contributed by atoms with Crippen LogP contribution in [0.5, 0.6) is 0 Å². The lowest BCUT2D eigenvalue weighted by atomic mass is 10.1. The van der Waals surface area contributed by atoms with Crippen molar-refractivity contribution in [2.75, 3.05) is 29.6 Å². The zero-order valence-corrected chi connectivity index (χ0v) is 15.1. The average molecular weight is 358 g/mol. The minimum absolute atomic E-state index is 0.139. The van der Waals surface area contributed by atoms with Crippen molar-refractivity contribution >= 4 is 27.1 Å². The van der Waals surface area contributed by atoms with E-state index in [-0.39, 0.29) is 10.8 Å². The van der Waals surface area contributed by atoms with Crippen molar-refractivity contribution in [3.05, 3.63) is 54.1 Å². The molecule has 0 saturated carbocycles. The zero-order chi connectivity index (χ0) is 17.9. The zero-order valence-electron chi connectivity index (χ0n) is 14.2. The summed E-state index contributed by atoms with van der Waals surface area (Å²) in [6, 6.07) is 13.8. The van der Waals surface area contributed by atoms with Crippen molar-refractivity contribution in [3.8, 4) is 0 Å². The SMILES string of the molecule is CS(=O)(=O)c1cccc(C(=O)Nc2ccc(N3CCCCC3)cc2)c1. The topological polar surface area (TPSA) is 66.5 Å². The predicted molar refractivity (Wildman–Crippen MR) is 100 cm³/mol. The lowest BCUT2D eigenvalue weighted by Gasteiger charge is -2.28. The van der Waals surface area contributed by atoms with Crippen LogP contribution >= 0.6 is 0 Å². The van der Waals surface area contributed by atoms with Crippen LogP contribution in [0.25, 0.3) is 0 Å². The lowest BCUT2D eigenvalue weighted by Crippen LogP contribution is -2.29. The molecular formula is C19H22N2O3S. The maximum atomic E-state index is 12.4. The minimum atomic E-state index is -3.34. The van der Waals surface area contributed by atoms with Gasteiger partial charge in [-0.3, -0.25) is 4.79 Å². The average Bonchev–Trinajstić information content (AvgIpc) is 2.62. The van der Waals surface area contributed by atoms with E-state index in [1.807, 2.05) is 24.3 Å². The molecule has 0 atom stereocenters. The van der Waals surface area contributed by atoms with Crippen LogP contribution in [0.15, 0.2) is 53.4 Å². The van der Waals surface area contributed by atoms with Crippen LogP contribution in [-0.4, -0.2) is 33.7 Å². The van der Waals surface area contributed by atoms with Gasteiger partial charge in [0.1, 0.15) is 0 Å². The van der Waals surface area contributed by atoms with Gasteiger partial charge in [0.2, 0.25) is 0 Å². The Morgan fingerprint density at radius 1 is 1.00 bits per heavy atom. The summed E-state index contributed by atoms with van der Waals surface area (Å²) >= 11 is 0. The van der Waals surface area contributed by atoms with Crippen LogP contribution in [-0.2, 0) is 9.84 Å². The fraction of sp³-hybridized carbons (Fsp3) is 0.316. The maximum absolute atomic E-state index is 12.4. The monoisotopic (exact) mass is 358 g/mol. The summed E-state index contributed by atoms with van der Waals surface area (Å²) in [7, 11) is -3.34. The van der Waals surface area contributed by atoms with Crippen LogP contribution < -0.4 is 10.2 Å². The van der Waals surface area contributed by atoms with Gasteiger partial charge in [0, 0.05) is 36.3 Å². The summed E-state index contributed by atoms with van der Waals surface area (Å²) in [5, 5.41) is 2.81.